The Morgan fingerprint density at radius 3 is 2.24 bits per heavy atom. The van der Waals surface area contributed by atoms with Crippen molar-refractivity contribution in [3.63, 3.8) is 0 Å². The first-order chi connectivity index (χ1) is 11.0. The highest BCUT2D eigenvalue weighted by Gasteiger charge is 2.48. The number of halogens is 3. The van der Waals surface area contributed by atoms with E-state index in [1.807, 2.05) is 29.2 Å². The summed E-state index contributed by atoms with van der Waals surface area (Å²) < 4.78 is 0. The molecule has 0 aliphatic carbocycles. The Kier molecular flexibility index (Phi) is 8.45. The molecule has 0 aromatic heterocycles. The van der Waals surface area contributed by atoms with Gasteiger partial charge in [-0.15, -0.1) is 24.8 Å². The fourth-order valence-electron chi connectivity index (χ4n) is 3.60. The van der Waals surface area contributed by atoms with Crippen LogP contribution in [0.25, 0.3) is 0 Å². The highest BCUT2D eigenvalue weighted by molar-refractivity contribution is 6.30. The number of benzene rings is 1. The average molecular weight is 411 g/mol. The number of nitrogens with zero attached hydrogens (tertiary/aromatic N) is 3. The number of amides is 1. The molecule has 0 saturated carbocycles. The van der Waals surface area contributed by atoms with Gasteiger partial charge < -0.3 is 10.0 Å². The molecule has 1 aromatic rings. The lowest BCUT2D eigenvalue weighted by atomic mass is 9.97. The monoisotopic (exact) mass is 409 g/mol. The molecule has 2 heterocycles. The summed E-state index contributed by atoms with van der Waals surface area (Å²) in [5.74, 6) is 0.176. The van der Waals surface area contributed by atoms with Crippen LogP contribution in [-0.2, 0) is 4.79 Å². The minimum atomic E-state index is -0.426. The lowest BCUT2D eigenvalue weighted by molar-refractivity contribution is -0.128. The van der Waals surface area contributed by atoms with Gasteiger partial charge in [-0.3, -0.25) is 14.6 Å². The summed E-state index contributed by atoms with van der Waals surface area (Å²) in [6.45, 7) is 7.28. The van der Waals surface area contributed by atoms with Gasteiger partial charge in [-0.1, -0.05) is 11.6 Å². The molecule has 1 N–H and O–H groups in total. The minimum absolute atomic E-state index is 0. The molecule has 0 bridgehead atoms. The first kappa shape index (κ1) is 22.5. The summed E-state index contributed by atoms with van der Waals surface area (Å²) in [7, 11) is 0. The second kappa shape index (κ2) is 9.40. The molecule has 2 saturated heterocycles. The molecule has 2 aliphatic heterocycles. The van der Waals surface area contributed by atoms with Gasteiger partial charge in [0.1, 0.15) is 0 Å². The van der Waals surface area contributed by atoms with E-state index in [1.54, 1.807) is 0 Å². The topological polar surface area (TPSA) is 47.0 Å². The predicted molar refractivity (Wildman–Crippen MR) is 106 cm³/mol. The normalized spacial score (nSPS) is 24.8. The molecular formula is C17H26Cl3N3O2. The molecule has 8 heteroatoms. The highest BCUT2D eigenvalue weighted by atomic mass is 35.5. The standard InChI is InChI=1S/C17H24ClN3O2.2ClH/c1-17(20-10-8-19(9-11-20)12-13-22)6-7-21(16(17)23)15-4-2-14(18)3-5-15;;/h2-5,22H,6-13H2,1H3;2*1H. The van der Waals surface area contributed by atoms with Crippen molar-refractivity contribution in [3.05, 3.63) is 29.3 Å². The van der Waals surface area contributed by atoms with Crippen molar-refractivity contribution in [3.8, 4) is 0 Å². The maximum Gasteiger partial charge on any atom is 0.247 e. The predicted octanol–water partition coefficient (Wildman–Crippen LogP) is 2.29. The fourth-order valence-corrected chi connectivity index (χ4v) is 3.72. The van der Waals surface area contributed by atoms with Crippen molar-refractivity contribution in [2.45, 2.75) is 18.9 Å². The molecular weight excluding hydrogens is 385 g/mol. The van der Waals surface area contributed by atoms with E-state index in [1.165, 1.54) is 0 Å². The van der Waals surface area contributed by atoms with Crippen LogP contribution in [0.5, 0.6) is 0 Å². The van der Waals surface area contributed by atoms with Crippen LogP contribution in [0.2, 0.25) is 5.02 Å². The summed E-state index contributed by atoms with van der Waals surface area (Å²) in [6, 6.07) is 7.47. The molecule has 5 nitrogen and oxygen atoms in total. The molecule has 25 heavy (non-hydrogen) atoms. The van der Waals surface area contributed by atoms with Gasteiger partial charge in [0.25, 0.3) is 0 Å². The number of hydrogen-bond acceptors (Lipinski definition) is 4. The van der Waals surface area contributed by atoms with Crippen LogP contribution in [0.3, 0.4) is 0 Å². The third-order valence-electron chi connectivity index (χ3n) is 5.15. The van der Waals surface area contributed by atoms with Crippen molar-refractivity contribution < 1.29 is 9.90 Å². The summed E-state index contributed by atoms with van der Waals surface area (Å²) >= 11 is 5.94. The summed E-state index contributed by atoms with van der Waals surface area (Å²) in [5.41, 5.74) is 0.493. The van der Waals surface area contributed by atoms with Crippen LogP contribution in [0, 0.1) is 0 Å². The largest absolute Gasteiger partial charge is 0.395 e. The third-order valence-corrected chi connectivity index (χ3v) is 5.40. The molecule has 1 atom stereocenters. The first-order valence-electron chi connectivity index (χ1n) is 8.20. The SMILES string of the molecule is CC1(N2CCN(CCO)CC2)CCN(c2ccc(Cl)cc2)C1=O.Cl.Cl. The maximum atomic E-state index is 13.0. The molecule has 1 aromatic carbocycles. The second-order valence-electron chi connectivity index (χ2n) is 6.51. The average Bonchev–Trinajstić information content (AvgIpc) is 2.86. The summed E-state index contributed by atoms with van der Waals surface area (Å²) in [6.07, 6.45) is 0.842. The Hall–Kier alpha value is -0.560. The summed E-state index contributed by atoms with van der Waals surface area (Å²) in [4.78, 5) is 19.4. The van der Waals surface area contributed by atoms with Crippen molar-refractivity contribution in [1.82, 2.24) is 9.80 Å². The van der Waals surface area contributed by atoms with E-state index in [9.17, 15) is 4.79 Å². The van der Waals surface area contributed by atoms with E-state index in [4.69, 9.17) is 16.7 Å². The summed E-state index contributed by atoms with van der Waals surface area (Å²) in [5, 5.41) is 9.73. The Morgan fingerprint density at radius 2 is 1.68 bits per heavy atom. The van der Waals surface area contributed by atoms with Crippen LogP contribution in [0.1, 0.15) is 13.3 Å². The smallest absolute Gasteiger partial charge is 0.247 e. The molecule has 2 fully saturated rings. The van der Waals surface area contributed by atoms with Crippen molar-refractivity contribution in [1.29, 1.82) is 0 Å². The number of β-amino-alcohol motifs (C(OH)–C–C–N with tert-alkyl or cyclic N) is 1. The minimum Gasteiger partial charge on any atom is -0.395 e. The lowest BCUT2D eigenvalue weighted by Crippen LogP contribution is -2.59. The Labute approximate surface area is 166 Å². The van der Waals surface area contributed by atoms with Crippen LogP contribution >= 0.6 is 36.4 Å². The number of carbonyl (C=O) groups is 1. The highest BCUT2D eigenvalue weighted by Crippen LogP contribution is 2.33. The zero-order valence-electron chi connectivity index (χ0n) is 14.4. The van der Waals surface area contributed by atoms with Crippen LogP contribution < -0.4 is 4.90 Å². The number of piperazine rings is 1. The Bertz CT molecular complexity index is 565. The lowest BCUT2D eigenvalue weighted by Gasteiger charge is -2.42. The van der Waals surface area contributed by atoms with E-state index in [0.717, 1.165) is 51.4 Å². The van der Waals surface area contributed by atoms with Gasteiger partial charge in [0.15, 0.2) is 0 Å². The van der Waals surface area contributed by atoms with E-state index in [0.29, 0.717) is 5.02 Å². The quantitative estimate of drug-likeness (QED) is 0.827. The second-order valence-corrected chi connectivity index (χ2v) is 6.95. The Balaban J connectivity index is 0.00000156. The fraction of sp³-hybridized carbons (Fsp3) is 0.588. The number of hydrogen-bond donors (Lipinski definition) is 1. The third kappa shape index (κ3) is 4.59. The number of carbonyl (C=O) groups excluding carboxylic acids is 1. The molecule has 0 radical (unpaired) electrons. The van der Waals surface area contributed by atoms with Crippen molar-refractivity contribution in [2.24, 2.45) is 0 Å². The molecule has 0 spiro atoms. The number of aliphatic hydroxyl groups excluding tert-OH is 1. The maximum absolute atomic E-state index is 13.0. The van der Waals surface area contributed by atoms with Gasteiger partial charge in [-0.05, 0) is 37.6 Å². The number of aliphatic hydroxyl groups is 1. The van der Waals surface area contributed by atoms with Gasteiger partial charge in [0.2, 0.25) is 5.91 Å². The van der Waals surface area contributed by atoms with Gasteiger partial charge in [0.05, 0.1) is 12.1 Å². The van der Waals surface area contributed by atoms with Crippen LogP contribution in [-0.4, -0.2) is 72.2 Å². The van der Waals surface area contributed by atoms with E-state index >= 15 is 0 Å². The van der Waals surface area contributed by atoms with Gasteiger partial charge in [-0.2, -0.15) is 0 Å². The van der Waals surface area contributed by atoms with Gasteiger partial charge >= 0.3 is 0 Å². The zero-order chi connectivity index (χ0) is 16.4. The van der Waals surface area contributed by atoms with Gasteiger partial charge in [0, 0.05) is 50.0 Å². The zero-order valence-corrected chi connectivity index (χ0v) is 16.7. The van der Waals surface area contributed by atoms with E-state index in [-0.39, 0.29) is 37.3 Å². The van der Waals surface area contributed by atoms with Crippen molar-refractivity contribution >= 4 is 48.0 Å². The molecule has 142 valence electrons. The van der Waals surface area contributed by atoms with E-state index < -0.39 is 5.54 Å². The van der Waals surface area contributed by atoms with Crippen LogP contribution in [0.4, 0.5) is 5.69 Å². The van der Waals surface area contributed by atoms with E-state index in [2.05, 4.69) is 16.7 Å². The first-order valence-corrected chi connectivity index (χ1v) is 8.58. The Morgan fingerprint density at radius 1 is 1.08 bits per heavy atom. The van der Waals surface area contributed by atoms with Crippen molar-refractivity contribution in [2.75, 3.05) is 50.8 Å². The van der Waals surface area contributed by atoms with Crippen LogP contribution in [0.15, 0.2) is 24.3 Å². The molecule has 3 rings (SSSR count). The molecule has 1 unspecified atom stereocenters. The van der Waals surface area contributed by atoms with Gasteiger partial charge in [-0.25, -0.2) is 0 Å². The number of anilines is 1. The number of rotatable bonds is 4. The molecule has 1 amide bonds. The molecule has 2 aliphatic rings.